The second-order valence-electron chi connectivity index (χ2n) is 35.5. The van der Waals surface area contributed by atoms with Crippen molar-refractivity contribution in [3.8, 4) is 51.7 Å². The number of rotatable bonds is 87. The van der Waals surface area contributed by atoms with E-state index in [1.165, 1.54) is 116 Å². The predicted octanol–water partition coefficient (Wildman–Crippen LogP) is 29.3. The summed E-state index contributed by atoms with van der Waals surface area (Å²) in [7, 11) is 0. The number of ether oxygens (including phenoxy) is 9. The first-order valence-electron chi connectivity index (χ1n) is 52.3. The van der Waals surface area contributed by atoms with E-state index < -0.39 is 52.2 Å². The Kier molecular flexibility index (Phi) is 66.5. The van der Waals surface area contributed by atoms with Gasteiger partial charge in [-0.25, -0.2) is 0 Å². The third-order valence-corrected chi connectivity index (χ3v) is 23.1. The summed E-state index contributed by atoms with van der Waals surface area (Å²) in [6.07, 6.45) is 57.6. The summed E-state index contributed by atoms with van der Waals surface area (Å²) in [6.45, 7) is 27.3. The standard InChI is InChI=1S/C108H177N9O15/c1-13-22-31-40-49-58-67-124-94-79-91(80-95(125-68-59-50-41-32-23-14-2)103(94)130-73-64-55-46-37-28-19-7)112-115-100(85(10)118)106(121)109-88-76-89(110-107(122)101(86(11)119)116-113-92-81-96(126-69-60-51-42-33-24-15-3)104(131-74-65-56-47-38-29-20-8)97(82-92)127-70-61-52-43-34-25-16-4)78-90(77-88)111-108(123)102(87(12)120)117-114-93-83-98(128-71-62-53-44-35-26-17-5)105(132-75-66-57-48-39-30-21-9)99(84-93)129-72-63-54-45-36-27-18-6/h76-84,112-114H,13-75H2,1-12H3,(H,109,121)(H,110,122)(H,111,123)/b115-100-,116-101-,117-102+. The van der Waals surface area contributed by atoms with Crippen molar-refractivity contribution in [2.45, 2.75) is 430 Å². The normalized spacial score (nSPS) is 11.6. The number of hydrogen-bond acceptors (Lipinski definition) is 21. The number of anilines is 6. The summed E-state index contributed by atoms with van der Waals surface area (Å²) in [5.41, 5.74) is 8.15. The molecule has 4 rings (SSSR count). The molecule has 24 heteroatoms. The molecular weight excluding hydrogens is 1660 g/mol. The topological polar surface area (TPSA) is 295 Å². The van der Waals surface area contributed by atoms with Gasteiger partial charge in [-0.2, -0.15) is 15.3 Å². The summed E-state index contributed by atoms with van der Waals surface area (Å²) < 4.78 is 59.3. The Hall–Kier alpha value is -9.09. The first kappa shape index (κ1) is 115. The van der Waals surface area contributed by atoms with Crippen LogP contribution in [0.4, 0.5) is 34.1 Å². The van der Waals surface area contributed by atoms with Crippen molar-refractivity contribution in [1.82, 2.24) is 0 Å². The summed E-state index contributed by atoms with van der Waals surface area (Å²) in [4.78, 5) is 86.5. The van der Waals surface area contributed by atoms with Gasteiger partial charge in [0.2, 0.25) is 17.2 Å². The maximum Gasteiger partial charge on any atom is 0.279 e. The predicted molar refractivity (Wildman–Crippen MR) is 547 cm³/mol. The summed E-state index contributed by atoms with van der Waals surface area (Å²) in [6, 6.07) is 14.5. The van der Waals surface area contributed by atoms with Gasteiger partial charge in [0.1, 0.15) is 0 Å². The molecule has 6 N–H and O–H groups in total. The highest BCUT2D eigenvalue weighted by Crippen LogP contribution is 2.45. The van der Waals surface area contributed by atoms with Crippen molar-refractivity contribution in [3.05, 3.63) is 54.6 Å². The number of nitrogens with zero attached hydrogens (tertiary/aromatic N) is 3. The lowest BCUT2D eigenvalue weighted by molar-refractivity contribution is -0.116. The monoisotopic (exact) mass is 1840 g/mol. The lowest BCUT2D eigenvalue weighted by Gasteiger charge is -2.19. The minimum Gasteiger partial charge on any atom is -0.489 e. The van der Waals surface area contributed by atoms with Crippen molar-refractivity contribution < 1.29 is 71.4 Å². The van der Waals surface area contributed by atoms with E-state index in [4.69, 9.17) is 42.6 Å². The van der Waals surface area contributed by atoms with Gasteiger partial charge in [0.25, 0.3) is 17.7 Å². The highest BCUT2D eigenvalue weighted by molar-refractivity contribution is 6.68. The molecule has 0 heterocycles. The van der Waals surface area contributed by atoms with E-state index in [1.807, 2.05) is 0 Å². The van der Waals surface area contributed by atoms with Crippen LogP contribution in [0.15, 0.2) is 69.9 Å². The zero-order chi connectivity index (χ0) is 95.5. The quantitative estimate of drug-likeness (QED) is 0.0104. The van der Waals surface area contributed by atoms with Crippen LogP contribution in [0.1, 0.15) is 430 Å². The van der Waals surface area contributed by atoms with Gasteiger partial charge in [0.05, 0.1) is 76.5 Å². The number of Topliss-reactive ketones (excluding diaryl/α,β-unsaturated/α-hetero) is 3. The summed E-state index contributed by atoms with van der Waals surface area (Å²) in [5, 5.41) is 21.7. The number of nitrogens with one attached hydrogen (secondary N) is 6. The van der Waals surface area contributed by atoms with Gasteiger partial charge >= 0.3 is 0 Å². The fourth-order valence-corrected chi connectivity index (χ4v) is 15.2. The van der Waals surface area contributed by atoms with Gasteiger partial charge in [0, 0.05) is 74.2 Å². The van der Waals surface area contributed by atoms with Crippen LogP contribution in [0.3, 0.4) is 0 Å². The first-order valence-corrected chi connectivity index (χ1v) is 52.3. The summed E-state index contributed by atoms with van der Waals surface area (Å²) in [5.74, 6) is -1.08. The molecule has 4 aromatic carbocycles. The van der Waals surface area contributed by atoms with Crippen LogP contribution >= 0.6 is 0 Å². The number of ketones is 3. The first-order chi connectivity index (χ1) is 64.5. The minimum absolute atomic E-state index is 0.0647. The number of carbonyl (C=O) groups is 6. The van der Waals surface area contributed by atoms with Crippen LogP contribution in [-0.4, -0.2) is 112 Å². The molecule has 0 aliphatic heterocycles. The van der Waals surface area contributed by atoms with E-state index in [0.717, 1.165) is 270 Å². The SMILES string of the molecule is CCCCCCCCOc1cc(N/N=C(/C(C)=O)C(=O)Nc2cc(NC(=O)/C(=N\Nc3cc(OCCCCCCCC)c(OCCCCCCCC)c(OCCCCCCCC)c3)C(C)=O)cc(NC(=O)/C(=N/Nc3cc(OCCCCCCCC)c(OCCCCCCCC)c(OCCCCCCCC)c3)C(C)=O)c2)cc(OCCCCCCCC)c1OCCCCCCCC. The molecule has 0 saturated carbocycles. The molecule has 0 bridgehead atoms. The Morgan fingerprint density at radius 3 is 0.492 bits per heavy atom. The summed E-state index contributed by atoms with van der Waals surface area (Å²) >= 11 is 0. The fourth-order valence-electron chi connectivity index (χ4n) is 15.2. The van der Waals surface area contributed by atoms with E-state index in [0.29, 0.717) is 128 Å². The van der Waals surface area contributed by atoms with Crippen molar-refractivity contribution in [1.29, 1.82) is 0 Å². The Morgan fingerprint density at radius 1 is 0.197 bits per heavy atom. The number of unbranched alkanes of at least 4 members (excludes halogenated alkanes) is 45. The van der Waals surface area contributed by atoms with Gasteiger partial charge < -0.3 is 58.6 Å². The largest absolute Gasteiger partial charge is 0.489 e. The van der Waals surface area contributed by atoms with E-state index in [9.17, 15) is 28.8 Å². The zero-order valence-corrected chi connectivity index (χ0v) is 84.2. The Morgan fingerprint density at radius 2 is 0.341 bits per heavy atom. The van der Waals surface area contributed by atoms with Gasteiger partial charge in [-0.3, -0.25) is 45.0 Å². The molecule has 0 aromatic heterocycles. The molecule has 0 aliphatic rings. The van der Waals surface area contributed by atoms with Gasteiger partial charge in [-0.1, -0.05) is 351 Å². The van der Waals surface area contributed by atoms with Gasteiger partial charge in [-0.15, -0.1) is 0 Å². The molecule has 0 radical (unpaired) electrons. The van der Waals surface area contributed by atoms with Crippen molar-refractivity contribution in [2.75, 3.05) is 91.7 Å². The van der Waals surface area contributed by atoms with E-state index >= 15 is 0 Å². The lowest BCUT2D eigenvalue weighted by Crippen LogP contribution is -2.31. The number of carbonyl (C=O) groups excluding carboxylic acids is 6. The Bertz CT molecular complexity index is 3380. The molecule has 0 unspecified atom stereocenters. The van der Waals surface area contributed by atoms with Gasteiger partial charge in [-0.05, 0) is 76.0 Å². The molecule has 0 spiro atoms. The van der Waals surface area contributed by atoms with Crippen LogP contribution in [-0.2, 0) is 28.8 Å². The minimum atomic E-state index is -0.979. The fraction of sp³-hybridized carbons (Fsp3) is 0.694. The lowest BCUT2D eigenvalue weighted by atomic mass is 10.1. The van der Waals surface area contributed by atoms with Crippen LogP contribution in [0.25, 0.3) is 0 Å². The smallest absolute Gasteiger partial charge is 0.279 e. The van der Waals surface area contributed by atoms with E-state index in [-0.39, 0.29) is 17.1 Å². The second kappa shape index (κ2) is 76.2. The van der Waals surface area contributed by atoms with Crippen LogP contribution in [0.5, 0.6) is 51.7 Å². The molecule has 0 atom stereocenters. The third-order valence-electron chi connectivity index (χ3n) is 23.1. The molecule has 0 aliphatic carbocycles. The third kappa shape index (κ3) is 52.0. The van der Waals surface area contributed by atoms with Crippen LogP contribution < -0.4 is 74.9 Å². The Labute approximate surface area is 796 Å². The molecule has 132 heavy (non-hydrogen) atoms. The molecule has 744 valence electrons. The maximum atomic E-state index is 14.9. The highest BCUT2D eigenvalue weighted by Gasteiger charge is 2.26. The number of amides is 3. The number of benzene rings is 4. The van der Waals surface area contributed by atoms with Crippen LogP contribution in [0, 0.1) is 0 Å². The maximum absolute atomic E-state index is 14.9. The van der Waals surface area contributed by atoms with Crippen molar-refractivity contribution >= 4 is 86.3 Å². The Balaban J connectivity index is 1.94. The van der Waals surface area contributed by atoms with Crippen molar-refractivity contribution in [3.63, 3.8) is 0 Å². The highest BCUT2D eigenvalue weighted by atomic mass is 16.6. The number of hydrazone groups is 3. The zero-order valence-electron chi connectivity index (χ0n) is 84.2. The number of hydrogen-bond donors (Lipinski definition) is 6. The van der Waals surface area contributed by atoms with E-state index in [2.05, 4.69) is 110 Å². The molecule has 0 fully saturated rings. The van der Waals surface area contributed by atoms with E-state index in [1.54, 1.807) is 36.4 Å². The van der Waals surface area contributed by atoms with Crippen LogP contribution in [0.2, 0.25) is 0 Å². The van der Waals surface area contributed by atoms with Crippen molar-refractivity contribution in [2.24, 2.45) is 15.3 Å². The second-order valence-corrected chi connectivity index (χ2v) is 35.5. The van der Waals surface area contributed by atoms with Gasteiger partial charge in [0.15, 0.2) is 69.0 Å². The molecule has 0 saturated heterocycles. The average molecular weight is 1840 g/mol. The molecule has 24 nitrogen and oxygen atoms in total. The molecule has 3 amide bonds. The average Bonchev–Trinajstić information content (AvgIpc) is 0.831. The molecular formula is C108H177N9O15. The molecule has 4 aromatic rings.